The van der Waals surface area contributed by atoms with Crippen LogP contribution < -0.4 is 16.0 Å². The summed E-state index contributed by atoms with van der Waals surface area (Å²) < 4.78 is 27.9. The molecule has 2 saturated heterocycles. The Hall–Kier alpha value is -2.72. The minimum absolute atomic E-state index is 0.0551. The van der Waals surface area contributed by atoms with Gasteiger partial charge in [0, 0.05) is 18.9 Å². The molecule has 1 aromatic rings. The molecule has 4 amide bonds. The zero-order valence-electron chi connectivity index (χ0n) is 16.9. The molecule has 166 valence electrons. The van der Waals surface area contributed by atoms with E-state index in [-0.39, 0.29) is 37.1 Å². The lowest BCUT2D eigenvalue weighted by atomic mass is 9.91. The van der Waals surface area contributed by atoms with E-state index in [1.807, 2.05) is 0 Å². The van der Waals surface area contributed by atoms with Crippen LogP contribution in [0.1, 0.15) is 52.0 Å². The Bertz CT molecular complexity index is 936. The molecule has 2 unspecified atom stereocenters. The summed E-state index contributed by atoms with van der Waals surface area (Å²) in [7, 11) is 0. The van der Waals surface area contributed by atoms with E-state index in [2.05, 4.69) is 16.0 Å². The molecule has 3 aliphatic heterocycles. The standard InChI is InChI=1S/C21H24F2N4O4/c22-21(23)11-25-9-7-13(21)6-8-24-10-12-2-1-3-14-17(12)20(31)27(19(14)30)15-4-5-16(28)26-18(15)29/h1-3,13,15,24-25H,4-11H2,(H,26,28,29). The Kier molecular flexibility index (Phi) is 5.85. The second kappa shape index (κ2) is 8.43. The van der Waals surface area contributed by atoms with Crippen molar-refractivity contribution in [2.45, 2.75) is 44.2 Å². The third kappa shape index (κ3) is 4.09. The number of halogens is 2. The number of hydrogen-bond donors (Lipinski definition) is 3. The lowest BCUT2D eigenvalue weighted by Gasteiger charge is -2.31. The van der Waals surface area contributed by atoms with E-state index in [0.29, 0.717) is 31.5 Å². The van der Waals surface area contributed by atoms with Gasteiger partial charge in [-0.25, -0.2) is 8.78 Å². The molecule has 0 radical (unpaired) electrons. The van der Waals surface area contributed by atoms with Crippen molar-refractivity contribution >= 4 is 23.6 Å². The molecular weight excluding hydrogens is 410 g/mol. The summed E-state index contributed by atoms with van der Waals surface area (Å²) in [5, 5.41) is 7.97. The van der Waals surface area contributed by atoms with E-state index in [9.17, 15) is 28.0 Å². The molecule has 2 fully saturated rings. The SMILES string of the molecule is O=C1CCC(N2C(=O)c3cccc(CNCCC4CCNCC4(F)F)c3C2=O)C(=O)N1. The third-order valence-electron chi connectivity index (χ3n) is 6.17. The number of amides is 4. The van der Waals surface area contributed by atoms with Crippen molar-refractivity contribution < 1.29 is 28.0 Å². The summed E-state index contributed by atoms with van der Waals surface area (Å²) in [4.78, 5) is 50.3. The lowest BCUT2D eigenvalue weighted by molar-refractivity contribution is -0.136. The van der Waals surface area contributed by atoms with E-state index in [1.54, 1.807) is 12.1 Å². The first-order valence-corrected chi connectivity index (χ1v) is 10.4. The van der Waals surface area contributed by atoms with Crippen molar-refractivity contribution in [1.82, 2.24) is 20.9 Å². The van der Waals surface area contributed by atoms with Crippen LogP contribution in [0.4, 0.5) is 8.78 Å². The molecule has 1 aromatic carbocycles. The van der Waals surface area contributed by atoms with Gasteiger partial charge in [0.2, 0.25) is 11.8 Å². The zero-order chi connectivity index (χ0) is 22.2. The predicted molar refractivity (Wildman–Crippen MR) is 105 cm³/mol. The van der Waals surface area contributed by atoms with Crippen LogP contribution in [0, 0.1) is 5.92 Å². The van der Waals surface area contributed by atoms with Crippen molar-refractivity contribution in [3.05, 3.63) is 34.9 Å². The van der Waals surface area contributed by atoms with Gasteiger partial charge in [-0.1, -0.05) is 12.1 Å². The number of rotatable bonds is 6. The molecule has 3 N–H and O–H groups in total. The molecular formula is C21H24F2N4O4. The van der Waals surface area contributed by atoms with Crippen LogP contribution >= 0.6 is 0 Å². The van der Waals surface area contributed by atoms with Crippen LogP contribution in [0.5, 0.6) is 0 Å². The van der Waals surface area contributed by atoms with Gasteiger partial charge in [-0.2, -0.15) is 0 Å². The van der Waals surface area contributed by atoms with Gasteiger partial charge in [-0.15, -0.1) is 0 Å². The van der Waals surface area contributed by atoms with Gasteiger partial charge in [0.1, 0.15) is 6.04 Å². The summed E-state index contributed by atoms with van der Waals surface area (Å²) in [6.07, 6.45) is 0.857. The van der Waals surface area contributed by atoms with Crippen LogP contribution in [0.15, 0.2) is 18.2 Å². The highest BCUT2D eigenvalue weighted by Crippen LogP contribution is 2.32. The van der Waals surface area contributed by atoms with Gasteiger partial charge in [-0.3, -0.25) is 29.4 Å². The molecule has 3 heterocycles. The molecule has 2 atom stereocenters. The van der Waals surface area contributed by atoms with E-state index in [4.69, 9.17) is 0 Å². The molecule has 0 aromatic heterocycles. The first-order valence-electron chi connectivity index (χ1n) is 10.4. The molecule has 8 nitrogen and oxygen atoms in total. The number of nitrogens with zero attached hydrogens (tertiary/aromatic N) is 1. The van der Waals surface area contributed by atoms with Crippen molar-refractivity contribution in [1.29, 1.82) is 0 Å². The first-order chi connectivity index (χ1) is 14.8. The normalized spacial score (nSPS) is 25.5. The molecule has 10 heteroatoms. The quantitative estimate of drug-likeness (QED) is 0.452. The zero-order valence-corrected chi connectivity index (χ0v) is 16.9. The molecule has 0 bridgehead atoms. The van der Waals surface area contributed by atoms with Crippen LogP contribution in [0.25, 0.3) is 0 Å². The molecule has 4 rings (SSSR count). The summed E-state index contributed by atoms with van der Waals surface area (Å²) in [6.45, 7) is 0.848. The van der Waals surface area contributed by atoms with E-state index < -0.39 is 41.5 Å². The Morgan fingerprint density at radius 3 is 2.68 bits per heavy atom. The summed E-state index contributed by atoms with van der Waals surface area (Å²) in [5.41, 5.74) is 0.999. The van der Waals surface area contributed by atoms with Gasteiger partial charge in [0.25, 0.3) is 17.7 Å². The Labute approximate surface area is 177 Å². The maximum atomic E-state index is 13.9. The topological polar surface area (TPSA) is 108 Å². The van der Waals surface area contributed by atoms with Gasteiger partial charge in [0.15, 0.2) is 0 Å². The number of fused-ring (bicyclic) bond motifs is 1. The summed E-state index contributed by atoms with van der Waals surface area (Å²) >= 11 is 0. The summed E-state index contributed by atoms with van der Waals surface area (Å²) in [5.74, 6) is -5.66. The summed E-state index contributed by atoms with van der Waals surface area (Å²) in [6, 6.07) is 3.86. The lowest BCUT2D eigenvalue weighted by Crippen LogP contribution is -2.54. The fourth-order valence-corrected chi connectivity index (χ4v) is 4.47. The molecule has 0 saturated carbocycles. The average Bonchev–Trinajstić information content (AvgIpc) is 2.97. The Morgan fingerprint density at radius 2 is 1.94 bits per heavy atom. The van der Waals surface area contributed by atoms with Gasteiger partial charge >= 0.3 is 0 Å². The number of piperidine rings is 2. The van der Waals surface area contributed by atoms with E-state index in [1.165, 1.54) is 6.07 Å². The van der Waals surface area contributed by atoms with Crippen molar-refractivity contribution in [2.24, 2.45) is 5.92 Å². The van der Waals surface area contributed by atoms with Gasteiger partial charge in [-0.05, 0) is 44.0 Å². The molecule has 3 aliphatic rings. The highest BCUT2D eigenvalue weighted by atomic mass is 19.3. The maximum absolute atomic E-state index is 13.9. The smallest absolute Gasteiger partial charge is 0.263 e. The number of carbonyl (C=O) groups is 4. The minimum Gasteiger partial charge on any atom is -0.313 e. The van der Waals surface area contributed by atoms with Crippen molar-refractivity contribution in [3.8, 4) is 0 Å². The van der Waals surface area contributed by atoms with Gasteiger partial charge in [0.05, 0.1) is 17.7 Å². The Morgan fingerprint density at radius 1 is 1.13 bits per heavy atom. The van der Waals surface area contributed by atoms with E-state index >= 15 is 0 Å². The highest BCUT2D eigenvalue weighted by molar-refractivity contribution is 6.24. The number of hydrogen-bond acceptors (Lipinski definition) is 6. The first kappa shape index (κ1) is 21.5. The fourth-order valence-electron chi connectivity index (χ4n) is 4.47. The number of benzene rings is 1. The second-order valence-corrected chi connectivity index (χ2v) is 8.18. The largest absolute Gasteiger partial charge is 0.313 e. The van der Waals surface area contributed by atoms with Crippen LogP contribution in [0.3, 0.4) is 0 Å². The van der Waals surface area contributed by atoms with Crippen LogP contribution in [-0.2, 0) is 16.1 Å². The minimum atomic E-state index is -2.74. The van der Waals surface area contributed by atoms with Crippen LogP contribution in [-0.4, -0.2) is 60.1 Å². The average molecular weight is 434 g/mol. The second-order valence-electron chi connectivity index (χ2n) is 8.18. The molecule has 31 heavy (non-hydrogen) atoms. The van der Waals surface area contributed by atoms with Crippen molar-refractivity contribution in [3.63, 3.8) is 0 Å². The number of nitrogens with one attached hydrogen (secondary N) is 3. The molecule has 0 spiro atoms. The monoisotopic (exact) mass is 434 g/mol. The molecule has 0 aliphatic carbocycles. The number of carbonyl (C=O) groups excluding carboxylic acids is 4. The van der Waals surface area contributed by atoms with Crippen molar-refractivity contribution in [2.75, 3.05) is 19.6 Å². The highest BCUT2D eigenvalue weighted by Gasteiger charge is 2.45. The van der Waals surface area contributed by atoms with Crippen LogP contribution in [0.2, 0.25) is 0 Å². The third-order valence-corrected chi connectivity index (χ3v) is 6.17. The number of alkyl halides is 2. The predicted octanol–water partition coefficient (Wildman–Crippen LogP) is 0.812. The Balaban J connectivity index is 1.43. The van der Waals surface area contributed by atoms with Gasteiger partial charge < -0.3 is 10.6 Å². The van der Waals surface area contributed by atoms with E-state index in [0.717, 1.165) is 4.90 Å². The number of imide groups is 2. The fraction of sp³-hybridized carbons (Fsp3) is 0.524. The maximum Gasteiger partial charge on any atom is 0.263 e.